The number of aliphatic hydroxyl groups is 1. The van der Waals surface area contributed by atoms with Crippen molar-refractivity contribution in [2.24, 2.45) is 0 Å². The Morgan fingerprint density at radius 1 is 1.25 bits per heavy atom. The second-order valence-electron chi connectivity index (χ2n) is 5.96. The molecule has 0 aliphatic carbocycles. The van der Waals surface area contributed by atoms with Crippen molar-refractivity contribution in [2.45, 2.75) is 12.6 Å². The van der Waals surface area contributed by atoms with Crippen LogP contribution >= 0.6 is 11.3 Å². The van der Waals surface area contributed by atoms with Gasteiger partial charge in [-0.25, -0.2) is 0 Å². The summed E-state index contributed by atoms with van der Waals surface area (Å²) in [6.45, 7) is 4.90. The van der Waals surface area contributed by atoms with Crippen LogP contribution in [0.4, 0.5) is 0 Å². The molecule has 1 fully saturated rings. The fourth-order valence-electron chi connectivity index (χ4n) is 2.80. The molecule has 2 aromatic heterocycles. The molecule has 1 aliphatic rings. The van der Waals surface area contributed by atoms with E-state index in [0.29, 0.717) is 19.6 Å². The van der Waals surface area contributed by atoms with Crippen molar-refractivity contribution in [3.05, 3.63) is 46.5 Å². The molecule has 0 bridgehead atoms. The summed E-state index contributed by atoms with van der Waals surface area (Å²) < 4.78 is 5.20. The number of hydrogen-bond acceptors (Lipinski definition) is 6. The highest BCUT2D eigenvalue weighted by Crippen LogP contribution is 2.20. The number of nitrogens with zero attached hydrogens (tertiary/aromatic N) is 2. The lowest BCUT2D eigenvalue weighted by Gasteiger charge is -2.35. The van der Waals surface area contributed by atoms with Crippen molar-refractivity contribution in [3.63, 3.8) is 0 Å². The lowest BCUT2D eigenvalue weighted by molar-refractivity contribution is -0.123. The molecule has 1 saturated heterocycles. The third kappa shape index (κ3) is 4.91. The lowest BCUT2D eigenvalue weighted by atomic mass is 10.2. The van der Waals surface area contributed by atoms with Crippen LogP contribution in [0.1, 0.15) is 16.7 Å². The van der Waals surface area contributed by atoms with E-state index in [9.17, 15) is 9.90 Å². The second kappa shape index (κ2) is 8.43. The Kier molecular flexibility index (Phi) is 6.03. The van der Waals surface area contributed by atoms with Gasteiger partial charge in [0.25, 0.3) is 0 Å². The summed E-state index contributed by atoms with van der Waals surface area (Å²) >= 11 is 1.59. The summed E-state index contributed by atoms with van der Waals surface area (Å²) in [4.78, 5) is 17.4. The normalized spacial score (nSPS) is 17.7. The van der Waals surface area contributed by atoms with Gasteiger partial charge >= 0.3 is 0 Å². The summed E-state index contributed by atoms with van der Waals surface area (Å²) in [7, 11) is 0. The predicted molar refractivity (Wildman–Crippen MR) is 92.7 cm³/mol. The Balaban J connectivity index is 1.35. The molecule has 1 atom stereocenters. The van der Waals surface area contributed by atoms with Crippen LogP contribution in [-0.4, -0.2) is 60.1 Å². The number of β-amino-alcohol motifs (C(OH)–C–C–N with tert-alkyl or cyclic N) is 1. The molecule has 130 valence electrons. The first-order valence-electron chi connectivity index (χ1n) is 8.16. The minimum Gasteiger partial charge on any atom is -0.467 e. The smallest absolute Gasteiger partial charge is 0.234 e. The molecule has 2 aromatic rings. The minimum atomic E-state index is -0.423. The molecule has 24 heavy (non-hydrogen) atoms. The average molecular weight is 349 g/mol. The molecule has 1 amide bonds. The van der Waals surface area contributed by atoms with Gasteiger partial charge < -0.3 is 14.8 Å². The van der Waals surface area contributed by atoms with Gasteiger partial charge in [-0.2, -0.15) is 0 Å². The van der Waals surface area contributed by atoms with Gasteiger partial charge in [-0.3, -0.25) is 14.6 Å². The van der Waals surface area contributed by atoms with Gasteiger partial charge in [0.15, 0.2) is 0 Å². The van der Waals surface area contributed by atoms with E-state index in [2.05, 4.69) is 15.1 Å². The number of piperazine rings is 1. The molecule has 0 aromatic carbocycles. The number of amides is 1. The molecule has 3 heterocycles. The fourth-order valence-corrected chi connectivity index (χ4v) is 3.51. The van der Waals surface area contributed by atoms with Crippen molar-refractivity contribution in [2.75, 3.05) is 39.3 Å². The maximum atomic E-state index is 12.0. The fraction of sp³-hybridized carbons (Fsp3) is 0.471. The monoisotopic (exact) mass is 349 g/mol. The van der Waals surface area contributed by atoms with Gasteiger partial charge in [-0.05, 0) is 23.6 Å². The predicted octanol–water partition coefficient (Wildman–Crippen LogP) is 1.31. The number of carbonyl (C=O) groups is 1. The Morgan fingerprint density at radius 2 is 2.04 bits per heavy atom. The largest absolute Gasteiger partial charge is 0.467 e. The molecule has 6 nitrogen and oxygen atoms in total. The molecule has 0 radical (unpaired) electrons. The van der Waals surface area contributed by atoms with Crippen LogP contribution in [0, 0.1) is 0 Å². The van der Waals surface area contributed by atoms with Crippen molar-refractivity contribution >= 4 is 17.2 Å². The first kappa shape index (κ1) is 17.2. The summed E-state index contributed by atoms with van der Waals surface area (Å²) in [6.07, 6.45) is 1.18. The Hall–Kier alpha value is -1.67. The first-order valence-corrected chi connectivity index (χ1v) is 9.04. The van der Waals surface area contributed by atoms with Gasteiger partial charge in [0, 0.05) is 37.6 Å². The number of thiophene rings is 1. The lowest BCUT2D eigenvalue weighted by Crippen LogP contribution is -2.50. The van der Waals surface area contributed by atoms with E-state index < -0.39 is 6.10 Å². The highest BCUT2D eigenvalue weighted by atomic mass is 32.1. The number of carbonyl (C=O) groups excluding carboxylic acids is 1. The molecule has 0 spiro atoms. The highest BCUT2D eigenvalue weighted by Gasteiger charge is 2.21. The van der Waals surface area contributed by atoms with Crippen molar-refractivity contribution in [1.29, 1.82) is 0 Å². The zero-order chi connectivity index (χ0) is 16.8. The van der Waals surface area contributed by atoms with E-state index in [1.807, 2.05) is 29.6 Å². The summed E-state index contributed by atoms with van der Waals surface area (Å²) in [5.74, 6) is 0.772. The van der Waals surface area contributed by atoms with Gasteiger partial charge in [-0.1, -0.05) is 6.07 Å². The van der Waals surface area contributed by atoms with Crippen LogP contribution in [-0.2, 0) is 11.3 Å². The zero-order valence-electron chi connectivity index (χ0n) is 13.6. The highest BCUT2D eigenvalue weighted by molar-refractivity contribution is 7.10. The molecule has 1 aliphatic heterocycles. The van der Waals surface area contributed by atoms with Crippen LogP contribution in [0.3, 0.4) is 0 Å². The Labute approximate surface area is 145 Å². The van der Waals surface area contributed by atoms with Gasteiger partial charge in [0.2, 0.25) is 5.91 Å². The Bertz CT molecular complexity index is 607. The first-order chi connectivity index (χ1) is 11.7. The molecular formula is C17H23N3O3S. The zero-order valence-corrected chi connectivity index (χ0v) is 14.4. The van der Waals surface area contributed by atoms with Gasteiger partial charge in [0.1, 0.15) is 11.9 Å². The SMILES string of the molecule is O=C(CN1CCN(C[C@H](O)c2cccs2)CC1)NCc1ccco1. The van der Waals surface area contributed by atoms with E-state index in [1.54, 1.807) is 17.6 Å². The van der Waals surface area contributed by atoms with E-state index in [1.165, 1.54) is 0 Å². The Morgan fingerprint density at radius 3 is 2.71 bits per heavy atom. The van der Waals surface area contributed by atoms with Crippen LogP contribution in [0.5, 0.6) is 0 Å². The molecule has 7 heteroatoms. The van der Waals surface area contributed by atoms with Crippen molar-refractivity contribution in [3.8, 4) is 0 Å². The topological polar surface area (TPSA) is 69.0 Å². The quantitative estimate of drug-likeness (QED) is 0.789. The van der Waals surface area contributed by atoms with Crippen LogP contribution < -0.4 is 5.32 Å². The number of hydrogen-bond donors (Lipinski definition) is 2. The maximum absolute atomic E-state index is 12.0. The van der Waals surface area contributed by atoms with E-state index in [4.69, 9.17) is 4.42 Å². The number of furan rings is 1. The van der Waals surface area contributed by atoms with E-state index in [-0.39, 0.29) is 5.91 Å². The summed E-state index contributed by atoms with van der Waals surface area (Å²) in [6, 6.07) is 7.58. The minimum absolute atomic E-state index is 0.0125. The van der Waals surface area contributed by atoms with E-state index >= 15 is 0 Å². The standard InChI is InChI=1S/C17H23N3O3S/c21-15(16-4-2-10-24-16)12-19-5-7-20(8-6-19)13-17(22)18-11-14-3-1-9-23-14/h1-4,9-10,15,21H,5-8,11-13H2,(H,18,22)/t15-/m0/s1. The summed E-state index contributed by atoms with van der Waals surface area (Å²) in [5, 5.41) is 15.1. The van der Waals surface area contributed by atoms with Crippen LogP contribution in [0.25, 0.3) is 0 Å². The van der Waals surface area contributed by atoms with Crippen molar-refractivity contribution < 1.29 is 14.3 Å². The average Bonchev–Trinajstić information content (AvgIpc) is 3.28. The molecule has 3 rings (SSSR count). The maximum Gasteiger partial charge on any atom is 0.234 e. The third-order valence-corrected chi connectivity index (χ3v) is 5.15. The van der Waals surface area contributed by atoms with Gasteiger partial charge in [-0.15, -0.1) is 11.3 Å². The van der Waals surface area contributed by atoms with Gasteiger partial charge in [0.05, 0.1) is 19.4 Å². The molecular weight excluding hydrogens is 326 g/mol. The number of rotatable bonds is 7. The second-order valence-corrected chi connectivity index (χ2v) is 6.94. The number of aliphatic hydroxyl groups excluding tert-OH is 1. The number of nitrogens with one attached hydrogen (secondary N) is 1. The van der Waals surface area contributed by atoms with Crippen LogP contribution in [0.15, 0.2) is 40.3 Å². The van der Waals surface area contributed by atoms with Crippen molar-refractivity contribution in [1.82, 2.24) is 15.1 Å². The summed E-state index contributed by atoms with van der Waals surface area (Å²) in [5.41, 5.74) is 0. The van der Waals surface area contributed by atoms with E-state index in [0.717, 1.165) is 36.8 Å². The molecule has 0 unspecified atom stereocenters. The van der Waals surface area contributed by atoms with Crippen LogP contribution in [0.2, 0.25) is 0 Å². The molecule has 2 N–H and O–H groups in total. The molecule has 0 saturated carbocycles. The third-order valence-electron chi connectivity index (χ3n) is 4.17.